The van der Waals surface area contributed by atoms with E-state index in [2.05, 4.69) is 24.4 Å². The Kier molecular flexibility index (Phi) is 4.63. The summed E-state index contributed by atoms with van der Waals surface area (Å²) in [5.41, 5.74) is 3.42. The second-order valence-corrected chi connectivity index (χ2v) is 4.58. The molecule has 2 aromatic carbocycles. The SMILES string of the molecule is Cc1ccccc1CNCc1cccc(C(F)F)c1. The molecule has 0 atom stereocenters. The summed E-state index contributed by atoms with van der Waals surface area (Å²) < 4.78 is 25.1. The molecular weight excluding hydrogens is 244 g/mol. The van der Waals surface area contributed by atoms with E-state index in [9.17, 15) is 8.78 Å². The highest BCUT2D eigenvalue weighted by molar-refractivity contribution is 5.26. The molecule has 0 radical (unpaired) electrons. The van der Waals surface area contributed by atoms with Crippen molar-refractivity contribution in [3.63, 3.8) is 0 Å². The number of rotatable bonds is 5. The van der Waals surface area contributed by atoms with Crippen LogP contribution in [0.1, 0.15) is 28.7 Å². The minimum Gasteiger partial charge on any atom is -0.309 e. The standard InChI is InChI=1S/C16H17F2N/c1-12-5-2-3-7-15(12)11-19-10-13-6-4-8-14(9-13)16(17)18/h2-9,16,19H,10-11H2,1H3. The molecule has 3 heteroatoms. The van der Waals surface area contributed by atoms with Gasteiger partial charge in [0, 0.05) is 18.7 Å². The van der Waals surface area contributed by atoms with Crippen LogP contribution in [-0.2, 0) is 13.1 Å². The fourth-order valence-corrected chi connectivity index (χ4v) is 1.99. The zero-order chi connectivity index (χ0) is 13.7. The maximum absolute atomic E-state index is 12.6. The third kappa shape index (κ3) is 3.86. The lowest BCUT2D eigenvalue weighted by molar-refractivity contribution is 0.151. The van der Waals surface area contributed by atoms with Gasteiger partial charge in [-0.15, -0.1) is 0 Å². The van der Waals surface area contributed by atoms with Crippen LogP contribution in [0.5, 0.6) is 0 Å². The smallest absolute Gasteiger partial charge is 0.263 e. The first-order chi connectivity index (χ1) is 9.16. The minimum atomic E-state index is -2.41. The summed E-state index contributed by atoms with van der Waals surface area (Å²) in [6.07, 6.45) is -2.41. The lowest BCUT2D eigenvalue weighted by atomic mass is 10.1. The highest BCUT2D eigenvalue weighted by atomic mass is 19.3. The van der Waals surface area contributed by atoms with Gasteiger partial charge in [0.1, 0.15) is 0 Å². The van der Waals surface area contributed by atoms with Gasteiger partial charge in [-0.05, 0) is 29.7 Å². The lowest BCUT2D eigenvalue weighted by Crippen LogP contribution is -2.13. The van der Waals surface area contributed by atoms with Crippen LogP contribution >= 0.6 is 0 Å². The molecule has 19 heavy (non-hydrogen) atoms. The highest BCUT2D eigenvalue weighted by Gasteiger charge is 2.06. The number of aryl methyl sites for hydroxylation is 1. The van der Waals surface area contributed by atoms with Crippen molar-refractivity contribution in [1.82, 2.24) is 5.32 Å². The predicted octanol–water partition coefficient (Wildman–Crippen LogP) is 4.22. The third-order valence-corrected chi connectivity index (χ3v) is 3.11. The van der Waals surface area contributed by atoms with Gasteiger partial charge in [-0.2, -0.15) is 0 Å². The van der Waals surface area contributed by atoms with Gasteiger partial charge in [-0.25, -0.2) is 8.78 Å². The quantitative estimate of drug-likeness (QED) is 0.849. The average molecular weight is 261 g/mol. The van der Waals surface area contributed by atoms with Gasteiger partial charge >= 0.3 is 0 Å². The van der Waals surface area contributed by atoms with Gasteiger partial charge in [-0.1, -0.05) is 42.5 Å². The van der Waals surface area contributed by atoms with Crippen LogP contribution in [0.2, 0.25) is 0 Å². The summed E-state index contributed by atoms with van der Waals surface area (Å²) in [7, 11) is 0. The second-order valence-electron chi connectivity index (χ2n) is 4.58. The minimum absolute atomic E-state index is 0.0789. The maximum atomic E-state index is 12.6. The molecular formula is C16H17F2N. The third-order valence-electron chi connectivity index (χ3n) is 3.11. The first-order valence-electron chi connectivity index (χ1n) is 6.29. The zero-order valence-electron chi connectivity index (χ0n) is 10.9. The van der Waals surface area contributed by atoms with Gasteiger partial charge < -0.3 is 5.32 Å². The normalized spacial score (nSPS) is 10.9. The number of hydrogen-bond donors (Lipinski definition) is 1. The number of hydrogen-bond acceptors (Lipinski definition) is 1. The number of halogens is 2. The molecule has 0 spiro atoms. The molecule has 0 aliphatic heterocycles. The molecule has 0 unspecified atom stereocenters. The summed E-state index contributed by atoms with van der Waals surface area (Å²) in [5.74, 6) is 0. The van der Waals surface area contributed by atoms with E-state index >= 15 is 0 Å². The van der Waals surface area contributed by atoms with Gasteiger partial charge in [-0.3, -0.25) is 0 Å². The van der Waals surface area contributed by atoms with Crippen molar-refractivity contribution in [3.05, 3.63) is 70.8 Å². The molecule has 2 rings (SSSR count). The fraction of sp³-hybridized carbons (Fsp3) is 0.250. The molecule has 0 aliphatic carbocycles. The van der Waals surface area contributed by atoms with E-state index in [4.69, 9.17) is 0 Å². The van der Waals surface area contributed by atoms with Crippen molar-refractivity contribution in [2.75, 3.05) is 0 Å². The Bertz CT molecular complexity index is 538. The van der Waals surface area contributed by atoms with Crippen LogP contribution < -0.4 is 5.32 Å². The summed E-state index contributed by atoms with van der Waals surface area (Å²) in [4.78, 5) is 0. The Morgan fingerprint density at radius 2 is 1.79 bits per heavy atom. The van der Waals surface area contributed by atoms with E-state index < -0.39 is 6.43 Å². The molecule has 0 fully saturated rings. The van der Waals surface area contributed by atoms with Gasteiger partial charge in [0.25, 0.3) is 6.43 Å². The first-order valence-corrected chi connectivity index (χ1v) is 6.29. The number of alkyl halides is 2. The molecule has 0 saturated heterocycles. The largest absolute Gasteiger partial charge is 0.309 e. The topological polar surface area (TPSA) is 12.0 Å². The van der Waals surface area contributed by atoms with Crippen molar-refractivity contribution in [1.29, 1.82) is 0 Å². The van der Waals surface area contributed by atoms with Crippen LogP contribution in [0.25, 0.3) is 0 Å². The van der Waals surface area contributed by atoms with E-state index in [1.54, 1.807) is 12.1 Å². The Morgan fingerprint density at radius 1 is 1.00 bits per heavy atom. The monoisotopic (exact) mass is 261 g/mol. The molecule has 0 amide bonds. The van der Waals surface area contributed by atoms with Gasteiger partial charge in [0.2, 0.25) is 0 Å². The van der Waals surface area contributed by atoms with Crippen molar-refractivity contribution < 1.29 is 8.78 Å². The summed E-state index contributed by atoms with van der Waals surface area (Å²) in [5, 5.41) is 3.28. The van der Waals surface area contributed by atoms with E-state index in [1.807, 2.05) is 18.2 Å². The van der Waals surface area contributed by atoms with Crippen LogP contribution in [0.3, 0.4) is 0 Å². The number of nitrogens with one attached hydrogen (secondary N) is 1. The molecule has 0 bridgehead atoms. The van der Waals surface area contributed by atoms with Crippen molar-refractivity contribution >= 4 is 0 Å². The molecule has 2 aromatic rings. The Hall–Kier alpha value is -1.74. The molecule has 0 aliphatic rings. The Labute approximate surface area is 112 Å². The molecule has 100 valence electrons. The first kappa shape index (κ1) is 13.7. The molecule has 0 heterocycles. The van der Waals surface area contributed by atoms with Crippen LogP contribution in [0.4, 0.5) is 8.78 Å². The number of benzene rings is 2. The van der Waals surface area contributed by atoms with Crippen LogP contribution in [0.15, 0.2) is 48.5 Å². The summed E-state index contributed by atoms with van der Waals surface area (Å²) >= 11 is 0. The van der Waals surface area contributed by atoms with E-state index in [0.29, 0.717) is 6.54 Å². The molecule has 0 saturated carbocycles. The predicted molar refractivity (Wildman–Crippen MR) is 73.1 cm³/mol. The van der Waals surface area contributed by atoms with Crippen LogP contribution in [-0.4, -0.2) is 0 Å². The van der Waals surface area contributed by atoms with Crippen molar-refractivity contribution in [3.8, 4) is 0 Å². The zero-order valence-corrected chi connectivity index (χ0v) is 10.9. The summed E-state index contributed by atoms with van der Waals surface area (Å²) in [6, 6.07) is 14.7. The van der Waals surface area contributed by atoms with Crippen LogP contribution in [0, 0.1) is 6.92 Å². The average Bonchev–Trinajstić information content (AvgIpc) is 2.41. The Balaban J connectivity index is 1.93. The lowest BCUT2D eigenvalue weighted by Gasteiger charge is -2.08. The van der Waals surface area contributed by atoms with Gasteiger partial charge in [0.15, 0.2) is 0 Å². The fourth-order valence-electron chi connectivity index (χ4n) is 1.99. The van der Waals surface area contributed by atoms with E-state index in [0.717, 1.165) is 12.1 Å². The molecule has 1 nitrogen and oxygen atoms in total. The van der Waals surface area contributed by atoms with E-state index in [1.165, 1.54) is 17.2 Å². The maximum Gasteiger partial charge on any atom is 0.263 e. The second kappa shape index (κ2) is 6.43. The Morgan fingerprint density at radius 3 is 2.53 bits per heavy atom. The van der Waals surface area contributed by atoms with Crippen molar-refractivity contribution in [2.24, 2.45) is 0 Å². The highest BCUT2D eigenvalue weighted by Crippen LogP contribution is 2.19. The van der Waals surface area contributed by atoms with Gasteiger partial charge in [0.05, 0.1) is 0 Å². The van der Waals surface area contributed by atoms with E-state index in [-0.39, 0.29) is 5.56 Å². The summed E-state index contributed by atoms with van der Waals surface area (Å²) in [6.45, 7) is 3.40. The molecule has 0 aromatic heterocycles. The molecule has 1 N–H and O–H groups in total. The van der Waals surface area contributed by atoms with Crippen molar-refractivity contribution in [2.45, 2.75) is 26.4 Å².